The molecule has 12 heteroatoms. The molecule has 1 heterocycles. The molecule has 2 N–H and O–H groups in total. The minimum absolute atomic E-state index is 0.142. The van der Waals surface area contributed by atoms with Gasteiger partial charge in [0, 0.05) is 10.7 Å². The van der Waals surface area contributed by atoms with Crippen molar-refractivity contribution >= 4 is 91.9 Å². The fourth-order valence-corrected chi connectivity index (χ4v) is 4.40. The van der Waals surface area contributed by atoms with E-state index in [1.807, 2.05) is 6.92 Å². The van der Waals surface area contributed by atoms with Gasteiger partial charge in [-0.1, -0.05) is 46.9 Å². The number of nitrogens with zero attached hydrogens (tertiary/aromatic N) is 1. The predicted octanol–water partition coefficient (Wildman–Crippen LogP) is 6.40. The molecule has 8 nitrogen and oxygen atoms in total. The summed E-state index contributed by atoms with van der Waals surface area (Å²) in [5.41, 5.74) is 1.77. The third kappa shape index (κ3) is 6.19. The van der Waals surface area contributed by atoms with E-state index in [1.165, 1.54) is 24.3 Å². The Labute approximate surface area is 240 Å². The molecule has 1 aliphatic heterocycles. The first-order valence-electron chi connectivity index (χ1n) is 10.9. The van der Waals surface area contributed by atoms with E-state index in [-0.39, 0.29) is 33.8 Å². The van der Waals surface area contributed by atoms with Gasteiger partial charge < -0.3 is 10.1 Å². The van der Waals surface area contributed by atoms with E-state index in [9.17, 15) is 19.2 Å². The highest BCUT2D eigenvalue weighted by Gasteiger charge is 2.37. The topological polar surface area (TPSA) is 105 Å². The van der Waals surface area contributed by atoms with Gasteiger partial charge in [0.05, 0.1) is 20.2 Å². The molecule has 1 fully saturated rings. The lowest BCUT2D eigenvalue weighted by molar-refractivity contribution is -0.122. The molecule has 3 aromatic rings. The number of anilines is 2. The Balaban J connectivity index is 1.48. The number of barbiturate groups is 1. The van der Waals surface area contributed by atoms with Gasteiger partial charge in [-0.15, -0.1) is 0 Å². The van der Waals surface area contributed by atoms with Crippen molar-refractivity contribution in [3.63, 3.8) is 0 Å². The molecule has 38 heavy (non-hydrogen) atoms. The Morgan fingerprint density at radius 3 is 2.45 bits per heavy atom. The van der Waals surface area contributed by atoms with Crippen LogP contribution >= 0.6 is 50.7 Å². The van der Waals surface area contributed by atoms with Crippen molar-refractivity contribution in [3.8, 4) is 5.75 Å². The zero-order chi connectivity index (χ0) is 27.6. The van der Waals surface area contributed by atoms with E-state index in [1.54, 1.807) is 36.4 Å². The van der Waals surface area contributed by atoms with Crippen LogP contribution in [0.3, 0.4) is 0 Å². The van der Waals surface area contributed by atoms with Crippen LogP contribution in [0.25, 0.3) is 6.08 Å². The second-order valence-electron chi connectivity index (χ2n) is 8.05. The SMILES string of the molecule is Cc1ccc(NC(=O)COc2ccc(/C=C3/C(=O)NC(=O)N(c4ccc(Cl)c(Cl)c4)C3=O)cc2Br)cc1Cl. The number of amides is 5. The van der Waals surface area contributed by atoms with E-state index in [2.05, 4.69) is 26.6 Å². The zero-order valence-corrected chi connectivity index (χ0v) is 23.3. The van der Waals surface area contributed by atoms with Crippen molar-refractivity contribution in [2.24, 2.45) is 0 Å². The van der Waals surface area contributed by atoms with Crippen LogP contribution in [0.2, 0.25) is 15.1 Å². The number of ether oxygens (including phenoxy) is 1. The summed E-state index contributed by atoms with van der Waals surface area (Å²) in [7, 11) is 0. The summed E-state index contributed by atoms with van der Waals surface area (Å²) >= 11 is 21.4. The van der Waals surface area contributed by atoms with Crippen molar-refractivity contribution in [3.05, 3.63) is 90.8 Å². The number of urea groups is 1. The average molecular weight is 638 g/mol. The van der Waals surface area contributed by atoms with Crippen molar-refractivity contribution in [1.29, 1.82) is 0 Å². The summed E-state index contributed by atoms with van der Waals surface area (Å²) < 4.78 is 6.06. The Morgan fingerprint density at radius 1 is 1.00 bits per heavy atom. The number of imide groups is 2. The molecule has 5 amide bonds. The van der Waals surface area contributed by atoms with Gasteiger partial charge in [-0.2, -0.15) is 0 Å². The average Bonchev–Trinajstić information content (AvgIpc) is 2.85. The maximum absolute atomic E-state index is 13.1. The van der Waals surface area contributed by atoms with Crippen molar-refractivity contribution in [2.75, 3.05) is 16.8 Å². The van der Waals surface area contributed by atoms with Gasteiger partial charge in [-0.3, -0.25) is 19.7 Å². The number of hydrogen-bond acceptors (Lipinski definition) is 5. The van der Waals surface area contributed by atoms with Gasteiger partial charge in [0.1, 0.15) is 11.3 Å². The van der Waals surface area contributed by atoms with Crippen LogP contribution in [-0.2, 0) is 14.4 Å². The number of rotatable bonds is 6. The standard InChI is InChI=1S/C26H17BrCl3N3O5/c1-13-2-4-15(10-20(13)29)31-23(34)12-38-22-7-3-14(9-18(22)27)8-17-24(35)32-26(37)33(25(17)36)16-5-6-19(28)21(30)11-16/h2-11H,12H2,1H3,(H,31,34)(H,32,35,37)/b17-8-. The first-order valence-corrected chi connectivity index (χ1v) is 12.8. The summed E-state index contributed by atoms with van der Waals surface area (Å²) in [5.74, 6) is -1.71. The van der Waals surface area contributed by atoms with Gasteiger partial charge in [-0.25, -0.2) is 9.69 Å². The second kappa shape index (κ2) is 11.6. The van der Waals surface area contributed by atoms with Crippen LogP contribution in [0, 0.1) is 6.92 Å². The van der Waals surface area contributed by atoms with E-state index in [0.717, 1.165) is 10.5 Å². The highest BCUT2D eigenvalue weighted by Crippen LogP contribution is 2.31. The number of carbonyl (C=O) groups is 4. The molecule has 0 unspecified atom stereocenters. The highest BCUT2D eigenvalue weighted by molar-refractivity contribution is 9.10. The first-order chi connectivity index (χ1) is 18.0. The largest absolute Gasteiger partial charge is 0.483 e. The summed E-state index contributed by atoms with van der Waals surface area (Å²) in [6.07, 6.45) is 1.33. The number of carbonyl (C=O) groups excluding carboxylic acids is 4. The van der Waals surface area contributed by atoms with Crippen molar-refractivity contribution in [1.82, 2.24) is 5.32 Å². The van der Waals surface area contributed by atoms with Gasteiger partial charge >= 0.3 is 6.03 Å². The van der Waals surface area contributed by atoms with E-state index >= 15 is 0 Å². The Hall–Kier alpha value is -3.37. The first kappa shape index (κ1) is 27.7. The summed E-state index contributed by atoms with van der Waals surface area (Å²) in [6.45, 7) is 1.59. The van der Waals surface area contributed by atoms with Crippen LogP contribution in [-0.4, -0.2) is 30.4 Å². The van der Waals surface area contributed by atoms with Crippen LogP contribution in [0.5, 0.6) is 5.75 Å². The molecule has 194 valence electrons. The summed E-state index contributed by atoms with van der Waals surface area (Å²) in [5, 5.41) is 5.76. The highest BCUT2D eigenvalue weighted by atomic mass is 79.9. The second-order valence-corrected chi connectivity index (χ2v) is 10.1. The number of nitrogens with one attached hydrogen (secondary N) is 2. The number of hydrogen-bond donors (Lipinski definition) is 2. The van der Waals surface area contributed by atoms with Crippen LogP contribution in [0.1, 0.15) is 11.1 Å². The van der Waals surface area contributed by atoms with Gasteiger partial charge in [0.25, 0.3) is 17.7 Å². The predicted molar refractivity (Wildman–Crippen MR) is 150 cm³/mol. The fourth-order valence-electron chi connectivity index (χ4n) is 3.42. The van der Waals surface area contributed by atoms with Crippen LogP contribution < -0.4 is 20.3 Å². The zero-order valence-electron chi connectivity index (χ0n) is 19.5. The molecule has 0 aromatic heterocycles. The number of halogens is 4. The smallest absolute Gasteiger partial charge is 0.335 e. The third-order valence-corrected chi connectivity index (χ3v) is 7.11. The molecule has 3 aromatic carbocycles. The molecular weight excluding hydrogens is 621 g/mol. The van der Waals surface area contributed by atoms with Crippen LogP contribution in [0.15, 0.2) is 64.6 Å². The fraction of sp³-hybridized carbons (Fsp3) is 0.0769. The Bertz CT molecular complexity index is 1530. The normalized spacial score (nSPS) is 14.5. The van der Waals surface area contributed by atoms with E-state index in [4.69, 9.17) is 39.5 Å². The molecule has 0 bridgehead atoms. The molecule has 4 rings (SSSR count). The Kier molecular flexibility index (Phi) is 8.42. The third-order valence-electron chi connectivity index (χ3n) is 5.34. The molecule has 0 spiro atoms. The van der Waals surface area contributed by atoms with Gasteiger partial charge in [-0.05, 0) is 82.5 Å². The molecule has 1 aliphatic rings. The summed E-state index contributed by atoms with van der Waals surface area (Å²) in [4.78, 5) is 51.0. The molecule has 0 radical (unpaired) electrons. The Morgan fingerprint density at radius 2 is 1.76 bits per heavy atom. The van der Waals surface area contributed by atoms with Gasteiger partial charge in [0.15, 0.2) is 6.61 Å². The number of benzene rings is 3. The minimum atomic E-state index is -0.911. The molecule has 0 saturated carbocycles. The lowest BCUT2D eigenvalue weighted by Gasteiger charge is -2.26. The lowest BCUT2D eigenvalue weighted by atomic mass is 10.1. The molecule has 1 saturated heterocycles. The van der Waals surface area contributed by atoms with Gasteiger partial charge in [0.2, 0.25) is 0 Å². The monoisotopic (exact) mass is 635 g/mol. The number of aryl methyl sites for hydroxylation is 1. The molecule has 0 aliphatic carbocycles. The van der Waals surface area contributed by atoms with E-state index < -0.39 is 17.8 Å². The molecule has 0 atom stereocenters. The molecular formula is C26H17BrCl3N3O5. The minimum Gasteiger partial charge on any atom is -0.483 e. The quantitative estimate of drug-likeness (QED) is 0.241. The maximum atomic E-state index is 13.1. The van der Waals surface area contributed by atoms with Crippen LogP contribution in [0.4, 0.5) is 16.2 Å². The van der Waals surface area contributed by atoms with Crippen molar-refractivity contribution in [2.45, 2.75) is 6.92 Å². The van der Waals surface area contributed by atoms with E-state index in [0.29, 0.717) is 26.5 Å². The van der Waals surface area contributed by atoms with Crippen molar-refractivity contribution < 1.29 is 23.9 Å². The lowest BCUT2D eigenvalue weighted by Crippen LogP contribution is -2.54. The summed E-state index contributed by atoms with van der Waals surface area (Å²) in [6, 6.07) is 13.2. The maximum Gasteiger partial charge on any atom is 0.335 e.